The fraction of sp³-hybridized carbons (Fsp3) is 0.267. The average molecular weight is 342 g/mol. The van der Waals surface area contributed by atoms with Crippen LogP contribution < -0.4 is 11.1 Å². The summed E-state index contributed by atoms with van der Waals surface area (Å²) < 4.78 is 2.00. The Kier molecular flexibility index (Phi) is 4.90. The van der Waals surface area contributed by atoms with Gasteiger partial charge in [-0.15, -0.1) is 10.2 Å². The first-order chi connectivity index (χ1) is 11.6. The number of anilines is 3. The van der Waals surface area contributed by atoms with Gasteiger partial charge < -0.3 is 15.6 Å². The summed E-state index contributed by atoms with van der Waals surface area (Å²) in [5, 5.41) is 12.0. The predicted molar refractivity (Wildman–Crippen MR) is 93.9 cm³/mol. The number of rotatable bonds is 6. The van der Waals surface area contributed by atoms with Gasteiger partial charge in [-0.2, -0.15) is 15.0 Å². The van der Waals surface area contributed by atoms with E-state index in [0.717, 1.165) is 10.8 Å². The third kappa shape index (κ3) is 3.99. The van der Waals surface area contributed by atoms with Crippen LogP contribution in [0.25, 0.3) is 0 Å². The van der Waals surface area contributed by atoms with E-state index in [1.54, 1.807) is 6.33 Å². The summed E-state index contributed by atoms with van der Waals surface area (Å²) in [7, 11) is 0. The van der Waals surface area contributed by atoms with Crippen molar-refractivity contribution >= 4 is 29.3 Å². The van der Waals surface area contributed by atoms with Crippen molar-refractivity contribution in [2.45, 2.75) is 30.8 Å². The van der Waals surface area contributed by atoms with Crippen LogP contribution in [0.2, 0.25) is 0 Å². The predicted octanol–water partition coefficient (Wildman–Crippen LogP) is 2.66. The van der Waals surface area contributed by atoms with E-state index in [9.17, 15) is 0 Å². The van der Waals surface area contributed by atoms with Crippen molar-refractivity contribution in [3.8, 4) is 0 Å². The van der Waals surface area contributed by atoms with E-state index in [2.05, 4.69) is 44.3 Å². The summed E-state index contributed by atoms with van der Waals surface area (Å²) in [5.74, 6) is 1.73. The second-order valence-corrected chi connectivity index (χ2v) is 6.27. The lowest BCUT2D eigenvalue weighted by Crippen LogP contribution is -2.07. The van der Waals surface area contributed by atoms with Gasteiger partial charge in [-0.25, -0.2) is 0 Å². The van der Waals surface area contributed by atoms with Gasteiger partial charge in [-0.3, -0.25) is 0 Å². The minimum Gasteiger partial charge on any atom is -0.368 e. The number of hydrogen-bond donors (Lipinski definition) is 2. The van der Waals surface area contributed by atoms with Crippen molar-refractivity contribution in [2.24, 2.45) is 0 Å². The molecule has 0 aliphatic carbocycles. The van der Waals surface area contributed by atoms with Crippen molar-refractivity contribution < 1.29 is 0 Å². The number of nitrogens with one attached hydrogen (secondary N) is 1. The standard InChI is InChI=1S/C15H18N8S/c1-10(2)23-9-17-22-15(23)24-8-12-19-13(16)21-14(20-12)18-11-6-4-3-5-7-11/h3-7,9-10H,8H2,1-2H3,(H3,16,18,19,20,21). The molecule has 8 nitrogen and oxygen atoms in total. The number of benzene rings is 1. The molecule has 0 fully saturated rings. The Bertz CT molecular complexity index is 802. The zero-order valence-corrected chi connectivity index (χ0v) is 14.2. The Morgan fingerprint density at radius 2 is 1.96 bits per heavy atom. The SMILES string of the molecule is CC(C)n1cnnc1SCc1nc(N)nc(Nc2ccccc2)n1. The minimum absolute atomic E-state index is 0.185. The number of thioether (sulfide) groups is 1. The van der Waals surface area contributed by atoms with E-state index in [-0.39, 0.29) is 5.95 Å². The van der Waals surface area contributed by atoms with Gasteiger partial charge in [0, 0.05) is 11.7 Å². The summed E-state index contributed by atoms with van der Waals surface area (Å²) in [5.41, 5.74) is 6.69. The summed E-state index contributed by atoms with van der Waals surface area (Å²) in [4.78, 5) is 12.7. The first kappa shape index (κ1) is 16.2. The number of para-hydroxylation sites is 1. The smallest absolute Gasteiger partial charge is 0.232 e. The van der Waals surface area contributed by atoms with E-state index in [1.807, 2.05) is 34.9 Å². The maximum absolute atomic E-state index is 5.80. The van der Waals surface area contributed by atoms with Gasteiger partial charge in [-0.1, -0.05) is 30.0 Å². The van der Waals surface area contributed by atoms with Crippen LogP contribution in [0.3, 0.4) is 0 Å². The Labute approximate surface area is 144 Å². The molecule has 1 aromatic carbocycles. The molecule has 0 saturated heterocycles. The van der Waals surface area contributed by atoms with E-state index in [4.69, 9.17) is 5.73 Å². The topological polar surface area (TPSA) is 107 Å². The van der Waals surface area contributed by atoms with E-state index >= 15 is 0 Å². The molecule has 9 heteroatoms. The highest BCUT2D eigenvalue weighted by molar-refractivity contribution is 7.98. The molecule has 0 radical (unpaired) electrons. The van der Waals surface area contributed by atoms with Gasteiger partial charge in [-0.05, 0) is 26.0 Å². The highest BCUT2D eigenvalue weighted by Crippen LogP contribution is 2.22. The molecule has 0 spiro atoms. The fourth-order valence-electron chi connectivity index (χ4n) is 2.03. The maximum Gasteiger partial charge on any atom is 0.232 e. The van der Waals surface area contributed by atoms with Crippen LogP contribution in [0.4, 0.5) is 17.6 Å². The van der Waals surface area contributed by atoms with Crippen LogP contribution in [-0.2, 0) is 5.75 Å². The normalized spacial score (nSPS) is 11.0. The Hall–Kier alpha value is -2.68. The first-order valence-corrected chi connectivity index (χ1v) is 8.45. The third-order valence-corrected chi connectivity index (χ3v) is 4.11. The van der Waals surface area contributed by atoms with Gasteiger partial charge in [0.25, 0.3) is 0 Å². The average Bonchev–Trinajstić information content (AvgIpc) is 3.02. The lowest BCUT2D eigenvalue weighted by atomic mass is 10.3. The fourth-order valence-corrected chi connectivity index (χ4v) is 2.93. The molecule has 24 heavy (non-hydrogen) atoms. The van der Waals surface area contributed by atoms with Gasteiger partial charge in [0.1, 0.15) is 12.2 Å². The van der Waals surface area contributed by atoms with Gasteiger partial charge in [0.05, 0.1) is 5.75 Å². The first-order valence-electron chi connectivity index (χ1n) is 7.46. The second-order valence-electron chi connectivity index (χ2n) is 5.33. The maximum atomic E-state index is 5.80. The Morgan fingerprint density at radius 3 is 2.71 bits per heavy atom. The number of hydrogen-bond acceptors (Lipinski definition) is 8. The van der Waals surface area contributed by atoms with Gasteiger partial charge in [0.2, 0.25) is 11.9 Å². The van der Waals surface area contributed by atoms with Crippen LogP contribution >= 0.6 is 11.8 Å². The molecule has 0 amide bonds. The number of aromatic nitrogens is 6. The zero-order chi connectivity index (χ0) is 16.9. The van der Waals surface area contributed by atoms with Crippen LogP contribution in [-0.4, -0.2) is 29.7 Å². The molecule has 0 saturated carbocycles. The molecule has 3 N–H and O–H groups in total. The summed E-state index contributed by atoms with van der Waals surface area (Å²) >= 11 is 1.51. The monoisotopic (exact) mass is 342 g/mol. The van der Waals surface area contributed by atoms with Gasteiger partial charge >= 0.3 is 0 Å². The molecule has 3 rings (SSSR count). The highest BCUT2D eigenvalue weighted by Gasteiger charge is 2.11. The molecule has 0 aliphatic rings. The lowest BCUT2D eigenvalue weighted by molar-refractivity contribution is 0.549. The van der Waals surface area contributed by atoms with Crippen molar-refractivity contribution in [3.63, 3.8) is 0 Å². The number of nitrogen functional groups attached to an aromatic ring is 1. The van der Waals surface area contributed by atoms with Crippen LogP contribution in [0, 0.1) is 0 Å². The summed E-state index contributed by atoms with van der Waals surface area (Å²) in [6, 6.07) is 9.96. The largest absolute Gasteiger partial charge is 0.368 e. The molecular formula is C15H18N8S. The van der Waals surface area contributed by atoms with Crippen molar-refractivity contribution in [2.75, 3.05) is 11.1 Å². The van der Waals surface area contributed by atoms with Crippen LogP contribution in [0.5, 0.6) is 0 Å². The van der Waals surface area contributed by atoms with Crippen LogP contribution in [0.1, 0.15) is 25.7 Å². The van der Waals surface area contributed by atoms with E-state index in [0.29, 0.717) is 23.6 Å². The Morgan fingerprint density at radius 1 is 1.17 bits per heavy atom. The number of nitrogens with zero attached hydrogens (tertiary/aromatic N) is 6. The van der Waals surface area contributed by atoms with Crippen molar-refractivity contribution in [1.29, 1.82) is 0 Å². The lowest BCUT2D eigenvalue weighted by Gasteiger charge is -2.09. The molecular weight excluding hydrogens is 324 g/mol. The molecule has 124 valence electrons. The van der Waals surface area contributed by atoms with E-state index in [1.165, 1.54) is 11.8 Å². The molecule has 0 unspecified atom stereocenters. The summed E-state index contributed by atoms with van der Waals surface area (Å²) in [6.45, 7) is 4.16. The van der Waals surface area contributed by atoms with E-state index < -0.39 is 0 Å². The summed E-state index contributed by atoms with van der Waals surface area (Å²) in [6.07, 6.45) is 1.72. The second kappa shape index (κ2) is 7.26. The van der Waals surface area contributed by atoms with Crippen LogP contribution in [0.15, 0.2) is 41.8 Å². The molecule has 0 aliphatic heterocycles. The van der Waals surface area contributed by atoms with Crippen molar-refractivity contribution in [3.05, 3.63) is 42.5 Å². The Balaban J connectivity index is 1.73. The molecule has 0 atom stereocenters. The van der Waals surface area contributed by atoms with Crippen molar-refractivity contribution in [1.82, 2.24) is 29.7 Å². The molecule has 0 bridgehead atoms. The molecule has 2 heterocycles. The minimum atomic E-state index is 0.185. The highest BCUT2D eigenvalue weighted by atomic mass is 32.2. The molecule has 3 aromatic rings. The zero-order valence-electron chi connectivity index (χ0n) is 13.4. The van der Waals surface area contributed by atoms with Gasteiger partial charge in [0.15, 0.2) is 5.16 Å². The molecule has 2 aromatic heterocycles. The quantitative estimate of drug-likeness (QED) is 0.658. The number of nitrogens with two attached hydrogens (primary N) is 1. The third-order valence-electron chi connectivity index (χ3n) is 3.16.